The summed E-state index contributed by atoms with van der Waals surface area (Å²) in [5.41, 5.74) is 7.88. The molecule has 0 bridgehead atoms. The maximum Gasteiger partial charge on any atom is 0.315 e. The first kappa shape index (κ1) is 16.4. The molecule has 126 valence electrons. The Morgan fingerprint density at radius 2 is 1.88 bits per heavy atom. The molecule has 5 nitrogen and oxygen atoms in total. The summed E-state index contributed by atoms with van der Waals surface area (Å²) in [5, 5.41) is 0. The zero-order valence-electron chi connectivity index (χ0n) is 13.1. The SMILES string of the molecule is CS(=O)(=O)c1ccc2c(c1)CCN(C(N)=O)[C@H]2c1ccc(F)cc1. The van der Waals surface area contributed by atoms with Gasteiger partial charge in [-0.2, -0.15) is 0 Å². The fourth-order valence-corrected chi connectivity index (χ4v) is 3.75. The standard InChI is InChI=1S/C17H17FN2O3S/c1-24(22,23)14-6-7-15-12(10-14)8-9-20(17(19)21)16(15)11-2-4-13(18)5-3-11/h2-7,10,16H,8-9H2,1H3,(H2,19,21)/t16-/m0/s1. The van der Waals surface area contributed by atoms with Crippen molar-refractivity contribution < 1.29 is 17.6 Å². The first-order chi connectivity index (χ1) is 11.3. The Balaban J connectivity index is 2.14. The second kappa shape index (κ2) is 5.90. The molecule has 7 heteroatoms. The predicted octanol–water partition coefficient (Wildman–Crippen LogP) is 2.26. The number of primary amides is 1. The second-order valence-corrected chi connectivity index (χ2v) is 7.88. The molecule has 0 saturated heterocycles. The van der Waals surface area contributed by atoms with Crippen LogP contribution in [0.25, 0.3) is 0 Å². The molecular weight excluding hydrogens is 331 g/mol. The monoisotopic (exact) mass is 348 g/mol. The average molecular weight is 348 g/mol. The summed E-state index contributed by atoms with van der Waals surface area (Å²) in [6.45, 7) is 0.373. The van der Waals surface area contributed by atoms with Crippen LogP contribution in [0.1, 0.15) is 22.7 Å². The van der Waals surface area contributed by atoms with Crippen molar-refractivity contribution >= 4 is 15.9 Å². The van der Waals surface area contributed by atoms with Gasteiger partial charge in [0.05, 0.1) is 10.9 Å². The molecule has 1 aliphatic rings. The van der Waals surface area contributed by atoms with Gasteiger partial charge in [0.25, 0.3) is 0 Å². The molecule has 2 aromatic rings. The van der Waals surface area contributed by atoms with Gasteiger partial charge in [-0.25, -0.2) is 17.6 Å². The average Bonchev–Trinajstić information content (AvgIpc) is 2.53. The number of benzene rings is 2. The van der Waals surface area contributed by atoms with E-state index in [9.17, 15) is 17.6 Å². The maximum absolute atomic E-state index is 13.2. The molecule has 24 heavy (non-hydrogen) atoms. The zero-order valence-corrected chi connectivity index (χ0v) is 13.9. The van der Waals surface area contributed by atoms with Crippen LogP contribution in [-0.2, 0) is 16.3 Å². The Morgan fingerprint density at radius 1 is 1.21 bits per heavy atom. The Morgan fingerprint density at radius 3 is 2.46 bits per heavy atom. The number of rotatable bonds is 2. The molecule has 0 aromatic heterocycles. The molecule has 0 saturated carbocycles. The largest absolute Gasteiger partial charge is 0.351 e. The summed E-state index contributed by atoms with van der Waals surface area (Å²) in [6, 6.07) is 9.71. The van der Waals surface area contributed by atoms with Gasteiger partial charge >= 0.3 is 6.03 Å². The van der Waals surface area contributed by atoms with Gasteiger partial charge in [-0.05, 0) is 47.4 Å². The van der Waals surface area contributed by atoms with E-state index < -0.39 is 21.9 Å². The van der Waals surface area contributed by atoms with Crippen molar-refractivity contribution in [3.63, 3.8) is 0 Å². The molecule has 0 unspecified atom stereocenters. The van der Waals surface area contributed by atoms with Crippen molar-refractivity contribution in [2.45, 2.75) is 17.4 Å². The smallest absolute Gasteiger partial charge is 0.315 e. The minimum Gasteiger partial charge on any atom is -0.351 e. The maximum atomic E-state index is 13.2. The highest BCUT2D eigenvalue weighted by atomic mass is 32.2. The molecule has 0 radical (unpaired) electrons. The minimum absolute atomic E-state index is 0.242. The fourth-order valence-electron chi connectivity index (χ4n) is 3.08. The summed E-state index contributed by atoms with van der Waals surface area (Å²) in [6.07, 6.45) is 1.67. The lowest BCUT2D eigenvalue weighted by molar-refractivity contribution is 0.189. The van der Waals surface area contributed by atoms with Crippen molar-refractivity contribution in [2.75, 3.05) is 12.8 Å². The van der Waals surface area contributed by atoms with E-state index in [1.165, 1.54) is 23.1 Å². The molecule has 0 aliphatic carbocycles. The van der Waals surface area contributed by atoms with Crippen LogP contribution in [0.5, 0.6) is 0 Å². The summed E-state index contributed by atoms with van der Waals surface area (Å²) >= 11 is 0. The van der Waals surface area contributed by atoms with Crippen molar-refractivity contribution in [2.24, 2.45) is 5.73 Å². The van der Waals surface area contributed by atoms with Crippen LogP contribution in [0.4, 0.5) is 9.18 Å². The van der Waals surface area contributed by atoms with Gasteiger partial charge in [0.1, 0.15) is 5.82 Å². The van der Waals surface area contributed by atoms with Crippen LogP contribution in [0.15, 0.2) is 47.4 Å². The van der Waals surface area contributed by atoms with E-state index in [2.05, 4.69) is 0 Å². The van der Waals surface area contributed by atoms with Crippen LogP contribution >= 0.6 is 0 Å². The van der Waals surface area contributed by atoms with Crippen molar-refractivity contribution in [1.29, 1.82) is 0 Å². The number of nitrogens with zero attached hydrogens (tertiary/aromatic N) is 1. The molecule has 1 atom stereocenters. The normalized spacial score (nSPS) is 17.4. The molecule has 0 spiro atoms. The fraction of sp³-hybridized carbons (Fsp3) is 0.235. The van der Waals surface area contributed by atoms with Crippen LogP contribution in [0, 0.1) is 5.82 Å². The Labute approximate surface area is 139 Å². The van der Waals surface area contributed by atoms with E-state index in [1.807, 2.05) is 0 Å². The first-order valence-corrected chi connectivity index (χ1v) is 9.31. The highest BCUT2D eigenvalue weighted by Gasteiger charge is 2.31. The third-order valence-corrected chi connectivity index (χ3v) is 5.35. The van der Waals surface area contributed by atoms with E-state index in [1.54, 1.807) is 24.3 Å². The van der Waals surface area contributed by atoms with Gasteiger partial charge in [-0.1, -0.05) is 18.2 Å². The lowest BCUT2D eigenvalue weighted by Crippen LogP contribution is -2.43. The van der Waals surface area contributed by atoms with E-state index in [-0.39, 0.29) is 10.7 Å². The molecule has 2 N–H and O–H groups in total. The minimum atomic E-state index is -3.31. The van der Waals surface area contributed by atoms with Gasteiger partial charge in [0.2, 0.25) is 0 Å². The summed E-state index contributed by atoms with van der Waals surface area (Å²) < 4.78 is 36.7. The topological polar surface area (TPSA) is 80.5 Å². The summed E-state index contributed by atoms with van der Waals surface area (Å²) in [5.74, 6) is -0.368. The zero-order chi connectivity index (χ0) is 17.5. The number of nitrogens with two attached hydrogens (primary N) is 1. The van der Waals surface area contributed by atoms with Crippen LogP contribution in [0.3, 0.4) is 0 Å². The van der Waals surface area contributed by atoms with E-state index in [0.717, 1.165) is 22.9 Å². The lowest BCUT2D eigenvalue weighted by atomic mass is 9.88. The summed E-state index contributed by atoms with van der Waals surface area (Å²) in [7, 11) is -3.31. The number of halogens is 1. The lowest BCUT2D eigenvalue weighted by Gasteiger charge is -2.36. The van der Waals surface area contributed by atoms with Gasteiger partial charge in [0, 0.05) is 12.8 Å². The predicted molar refractivity (Wildman–Crippen MR) is 87.8 cm³/mol. The number of hydrogen-bond acceptors (Lipinski definition) is 3. The Kier molecular flexibility index (Phi) is 4.04. The third kappa shape index (κ3) is 2.99. The van der Waals surface area contributed by atoms with Gasteiger partial charge in [-0.3, -0.25) is 0 Å². The number of hydrogen-bond donors (Lipinski definition) is 1. The first-order valence-electron chi connectivity index (χ1n) is 7.42. The Bertz CT molecular complexity index is 895. The molecule has 1 aliphatic heterocycles. The van der Waals surface area contributed by atoms with Crippen molar-refractivity contribution in [1.82, 2.24) is 4.90 Å². The van der Waals surface area contributed by atoms with Gasteiger partial charge in [0.15, 0.2) is 9.84 Å². The summed E-state index contributed by atoms with van der Waals surface area (Å²) in [4.78, 5) is 13.6. The highest BCUT2D eigenvalue weighted by Crippen LogP contribution is 2.36. The van der Waals surface area contributed by atoms with Crippen molar-refractivity contribution in [3.8, 4) is 0 Å². The molecule has 1 heterocycles. The highest BCUT2D eigenvalue weighted by molar-refractivity contribution is 7.90. The molecule has 0 fully saturated rings. The molecule has 2 amide bonds. The quantitative estimate of drug-likeness (QED) is 0.904. The van der Waals surface area contributed by atoms with Gasteiger partial charge in [-0.15, -0.1) is 0 Å². The van der Waals surface area contributed by atoms with Crippen LogP contribution < -0.4 is 5.73 Å². The molecule has 3 rings (SSSR count). The van der Waals surface area contributed by atoms with E-state index >= 15 is 0 Å². The number of carbonyl (C=O) groups is 1. The number of fused-ring (bicyclic) bond motifs is 1. The number of sulfone groups is 1. The molecule has 2 aromatic carbocycles. The van der Waals surface area contributed by atoms with Crippen LogP contribution in [0.2, 0.25) is 0 Å². The van der Waals surface area contributed by atoms with Gasteiger partial charge < -0.3 is 10.6 Å². The number of carbonyl (C=O) groups excluding carboxylic acids is 1. The second-order valence-electron chi connectivity index (χ2n) is 5.87. The van der Waals surface area contributed by atoms with Crippen molar-refractivity contribution in [3.05, 3.63) is 65.0 Å². The Hall–Kier alpha value is -2.41. The van der Waals surface area contributed by atoms with Crippen LogP contribution in [-0.4, -0.2) is 32.1 Å². The molecular formula is C17H17FN2O3S. The van der Waals surface area contributed by atoms with E-state index in [0.29, 0.717) is 13.0 Å². The third-order valence-electron chi connectivity index (χ3n) is 4.24. The van der Waals surface area contributed by atoms with E-state index in [4.69, 9.17) is 5.73 Å². The number of urea groups is 1. The number of amides is 2.